The van der Waals surface area contributed by atoms with Gasteiger partial charge in [-0.1, -0.05) is 12.2 Å². The van der Waals surface area contributed by atoms with Crippen LogP contribution in [-0.2, 0) is 13.0 Å². The lowest BCUT2D eigenvalue weighted by molar-refractivity contribution is 0.384. The van der Waals surface area contributed by atoms with Crippen molar-refractivity contribution in [2.45, 2.75) is 45.2 Å². The van der Waals surface area contributed by atoms with Crippen molar-refractivity contribution in [2.24, 2.45) is 17.8 Å². The topological polar surface area (TPSA) is 42.7 Å². The van der Waals surface area contributed by atoms with Gasteiger partial charge in [0, 0.05) is 13.0 Å². The molecule has 0 amide bonds. The van der Waals surface area contributed by atoms with Crippen molar-refractivity contribution in [3.63, 3.8) is 0 Å². The normalized spacial score (nSPS) is 33.0. The summed E-state index contributed by atoms with van der Waals surface area (Å²) in [7, 11) is 0. The summed E-state index contributed by atoms with van der Waals surface area (Å²) in [4.78, 5) is 0. The SMILES string of the molecule is CC(NCC1CC2C=CC1C2)c1nnc2n1CCC2. The highest BCUT2D eigenvalue weighted by atomic mass is 15.3. The van der Waals surface area contributed by atoms with E-state index in [1.807, 2.05) is 0 Å². The molecule has 0 aromatic carbocycles. The molecule has 1 fully saturated rings. The average molecular weight is 258 g/mol. The zero-order valence-electron chi connectivity index (χ0n) is 11.5. The first kappa shape index (κ1) is 11.6. The van der Waals surface area contributed by atoms with Gasteiger partial charge in [-0.25, -0.2) is 0 Å². The summed E-state index contributed by atoms with van der Waals surface area (Å²) in [5.41, 5.74) is 0. The minimum absolute atomic E-state index is 0.322. The predicted molar refractivity (Wildman–Crippen MR) is 73.6 cm³/mol. The molecule has 1 aromatic heterocycles. The second-order valence-electron chi connectivity index (χ2n) is 6.40. The first-order valence-electron chi connectivity index (χ1n) is 7.65. The number of hydrogen-bond donors (Lipinski definition) is 1. The maximum Gasteiger partial charge on any atom is 0.149 e. The molecule has 3 aliphatic rings. The van der Waals surface area contributed by atoms with Crippen LogP contribution in [-0.4, -0.2) is 21.3 Å². The van der Waals surface area contributed by atoms with E-state index in [0.29, 0.717) is 6.04 Å². The molecule has 4 unspecified atom stereocenters. The number of fused-ring (bicyclic) bond motifs is 3. The first-order chi connectivity index (χ1) is 9.31. The van der Waals surface area contributed by atoms with Crippen molar-refractivity contribution in [2.75, 3.05) is 6.54 Å². The molecule has 4 rings (SSSR count). The molecule has 0 saturated heterocycles. The number of nitrogens with zero attached hydrogens (tertiary/aromatic N) is 3. The van der Waals surface area contributed by atoms with Gasteiger partial charge in [-0.15, -0.1) is 10.2 Å². The maximum absolute atomic E-state index is 4.37. The van der Waals surface area contributed by atoms with Gasteiger partial charge >= 0.3 is 0 Å². The van der Waals surface area contributed by atoms with E-state index < -0.39 is 0 Å². The Balaban J connectivity index is 1.39. The highest BCUT2D eigenvalue weighted by Gasteiger charge is 2.35. The van der Waals surface area contributed by atoms with Gasteiger partial charge in [0.2, 0.25) is 0 Å². The van der Waals surface area contributed by atoms with Gasteiger partial charge in [-0.2, -0.15) is 0 Å². The maximum atomic E-state index is 4.37. The average Bonchev–Trinajstić information content (AvgIpc) is 3.14. The summed E-state index contributed by atoms with van der Waals surface area (Å²) in [5.74, 6) is 4.83. The Labute approximate surface area is 114 Å². The van der Waals surface area contributed by atoms with E-state index in [1.54, 1.807) is 0 Å². The molecule has 2 bridgehead atoms. The third-order valence-electron chi connectivity index (χ3n) is 5.13. The third-order valence-corrected chi connectivity index (χ3v) is 5.13. The van der Waals surface area contributed by atoms with Crippen LogP contribution in [0.1, 0.15) is 43.9 Å². The Hall–Kier alpha value is -1.16. The second-order valence-corrected chi connectivity index (χ2v) is 6.40. The summed E-state index contributed by atoms with van der Waals surface area (Å²) in [5, 5.41) is 12.3. The van der Waals surface area contributed by atoms with Gasteiger partial charge in [-0.05, 0) is 50.5 Å². The van der Waals surface area contributed by atoms with E-state index in [9.17, 15) is 0 Å². The number of aromatic nitrogens is 3. The molecule has 19 heavy (non-hydrogen) atoms. The standard InChI is InChI=1S/C15H22N4/c1-10(15-18-17-14-3-2-6-19(14)15)16-9-13-8-11-4-5-12(13)7-11/h4-5,10-13,16H,2-3,6-9H2,1H3. The number of hydrogen-bond acceptors (Lipinski definition) is 3. The fourth-order valence-electron chi connectivity index (χ4n) is 4.04. The lowest BCUT2D eigenvalue weighted by Gasteiger charge is -2.21. The zero-order chi connectivity index (χ0) is 12.8. The summed E-state index contributed by atoms with van der Waals surface area (Å²) in [6, 6.07) is 0.322. The summed E-state index contributed by atoms with van der Waals surface area (Å²) in [6.45, 7) is 4.44. The van der Waals surface area contributed by atoms with Gasteiger partial charge in [0.1, 0.15) is 11.6 Å². The van der Waals surface area contributed by atoms with E-state index >= 15 is 0 Å². The van der Waals surface area contributed by atoms with Gasteiger partial charge in [0.05, 0.1) is 6.04 Å². The molecule has 2 aliphatic carbocycles. The second kappa shape index (κ2) is 4.44. The molecule has 2 heterocycles. The lowest BCUT2D eigenvalue weighted by atomic mass is 9.93. The Morgan fingerprint density at radius 2 is 2.32 bits per heavy atom. The van der Waals surface area contributed by atoms with Gasteiger partial charge in [0.25, 0.3) is 0 Å². The van der Waals surface area contributed by atoms with Crippen LogP contribution in [0.25, 0.3) is 0 Å². The largest absolute Gasteiger partial charge is 0.314 e. The smallest absolute Gasteiger partial charge is 0.149 e. The Kier molecular flexibility index (Phi) is 2.72. The lowest BCUT2D eigenvalue weighted by Crippen LogP contribution is -2.29. The number of rotatable bonds is 4. The molecule has 1 aliphatic heterocycles. The highest BCUT2D eigenvalue weighted by molar-refractivity contribution is 5.11. The zero-order valence-corrected chi connectivity index (χ0v) is 11.5. The molecular formula is C15H22N4. The van der Waals surface area contributed by atoms with Crippen molar-refractivity contribution < 1.29 is 0 Å². The minimum atomic E-state index is 0.322. The van der Waals surface area contributed by atoms with Crippen molar-refractivity contribution in [3.8, 4) is 0 Å². The van der Waals surface area contributed by atoms with Crippen LogP contribution in [0.5, 0.6) is 0 Å². The predicted octanol–water partition coefficient (Wildman–Crippen LogP) is 2.09. The van der Waals surface area contributed by atoms with Crippen molar-refractivity contribution in [1.29, 1.82) is 0 Å². The summed E-state index contributed by atoms with van der Waals surface area (Å²) >= 11 is 0. The molecule has 4 nitrogen and oxygen atoms in total. The highest BCUT2D eigenvalue weighted by Crippen LogP contribution is 2.43. The third kappa shape index (κ3) is 1.93. The molecule has 0 radical (unpaired) electrons. The monoisotopic (exact) mass is 258 g/mol. The van der Waals surface area contributed by atoms with E-state index in [1.165, 1.54) is 25.1 Å². The van der Waals surface area contributed by atoms with Crippen LogP contribution in [0, 0.1) is 17.8 Å². The minimum Gasteiger partial charge on any atom is -0.314 e. The molecule has 4 heteroatoms. The van der Waals surface area contributed by atoms with Crippen LogP contribution in [0.4, 0.5) is 0 Å². The van der Waals surface area contributed by atoms with Crippen LogP contribution in [0.2, 0.25) is 0 Å². The Morgan fingerprint density at radius 1 is 1.37 bits per heavy atom. The summed E-state index contributed by atoms with van der Waals surface area (Å²) in [6.07, 6.45) is 9.93. The number of aryl methyl sites for hydroxylation is 1. The molecule has 4 atom stereocenters. The van der Waals surface area contributed by atoms with E-state index in [4.69, 9.17) is 0 Å². The first-order valence-corrected chi connectivity index (χ1v) is 7.65. The van der Waals surface area contributed by atoms with Gasteiger partial charge in [-0.3, -0.25) is 0 Å². The fraction of sp³-hybridized carbons (Fsp3) is 0.733. The molecular weight excluding hydrogens is 236 g/mol. The van der Waals surface area contributed by atoms with E-state index in [2.05, 4.69) is 39.2 Å². The Bertz CT molecular complexity index is 504. The van der Waals surface area contributed by atoms with E-state index in [-0.39, 0.29) is 0 Å². The van der Waals surface area contributed by atoms with Gasteiger partial charge in [0.15, 0.2) is 0 Å². The van der Waals surface area contributed by atoms with Crippen LogP contribution in [0.15, 0.2) is 12.2 Å². The molecule has 0 spiro atoms. The Morgan fingerprint density at radius 3 is 3.11 bits per heavy atom. The number of nitrogens with one attached hydrogen (secondary N) is 1. The fourth-order valence-corrected chi connectivity index (χ4v) is 4.04. The van der Waals surface area contributed by atoms with Crippen molar-refractivity contribution >= 4 is 0 Å². The molecule has 102 valence electrons. The van der Waals surface area contributed by atoms with Crippen molar-refractivity contribution in [1.82, 2.24) is 20.1 Å². The summed E-state index contributed by atoms with van der Waals surface area (Å²) < 4.78 is 2.30. The van der Waals surface area contributed by atoms with E-state index in [0.717, 1.165) is 43.1 Å². The van der Waals surface area contributed by atoms with Crippen LogP contribution in [0.3, 0.4) is 0 Å². The number of allylic oxidation sites excluding steroid dienone is 2. The molecule has 1 saturated carbocycles. The molecule has 1 N–H and O–H groups in total. The quantitative estimate of drug-likeness (QED) is 0.841. The van der Waals surface area contributed by atoms with Crippen molar-refractivity contribution in [3.05, 3.63) is 23.8 Å². The van der Waals surface area contributed by atoms with Crippen LogP contribution < -0.4 is 5.32 Å². The van der Waals surface area contributed by atoms with Gasteiger partial charge < -0.3 is 9.88 Å². The molecule has 1 aromatic rings. The van der Waals surface area contributed by atoms with Crippen LogP contribution >= 0.6 is 0 Å².